The van der Waals surface area contributed by atoms with Crippen molar-refractivity contribution in [2.45, 2.75) is 25.9 Å². The van der Waals surface area contributed by atoms with E-state index >= 15 is 0 Å². The molecule has 1 fully saturated rings. The van der Waals surface area contributed by atoms with Crippen molar-refractivity contribution >= 4 is 5.91 Å². The molecule has 0 radical (unpaired) electrons. The Morgan fingerprint density at radius 2 is 2.50 bits per heavy atom. The largest absolute Gasteiger partial charge is 0.505 e. The third-order valence-electron chi connectivity index (χ3n) is 3.11. The Morgan fingerprint density at radius 3 is 3.11 bits per heavy atom. The van der Waals surface area contributed by atoms with E-state index < -0.39 is 0 Å². The molecule has 5 nitrogen and oxygen atoms in total. The fraction of sp³-hybridized carbons (Fsp3) is 0.538. The number of hydrogen-bond donors (Lipinski definition) is 1. The van der Waals surface area contributed by atoms with E-state index in [1.165, 1.54) is 12.3 Å². The second kappa shape index (κ2) is 5.82. The molecule has 18 heavy (non-hydrogen) atoms. The highest BCUT2D eigenvalue weighted by molar-refractivity contribution is 5.94. The quantitative estimate of drug-likeness (QED) is 0.878. The molecule has 1 N–H and O–H groups in total. The first-order valence-electron chi connectivity index (χ1n) is 6.27. The highest BCUT2D eigenvalue weighted by atomic mass is 16.5. The number of amides is 1. The van der Waals surface area contributed by atoms with Crippen molar-refractivity contribution in [3.63, 3.8) is 0 Å². The van der Waals surface area contributed by atoms with Gasteiger partial charge in [0, 0.05) is 25.9 Å². The minimum absolute atomic E-state index is 0.0757. The van der Waals surface area contributed by atoms with E-state index in [-0.39, 0.29) is 23.5 Å². The maximum Gasteiger partial charge on any atom is 0.276 e. The molecule has 1 atom stereocenters. The highest BCUT2D eigenvalue weighted by Gasteiger charge is 2.24. The van der Waals surface area contributed by atoms with Crippen molar-refractivity contribution in [3.8, 4) is 5.75 Å². The van der Waals surface area contributed by atoms with Gasteiger partial charge in [0.15, 0.2) is 5.69 Å². The zero-order valence-corrected chi connectivity index (χ0v) is 10.5. The van der Waals surface area contributed by atoms with Gasteiger partial charge < -0.3 is 14.7 Å². The van der Waals surface area contributed by atoms with E-state index in [2.05, 4.69) is 4.98 Å². The molecule has 0 bridgehead atoms. The SMILES string of the molecule is CCN(CC1CCCO1)C(=O)c1ncccc1O. The number of likely N-dealkylation sites (N-methyl/N-ethyl adjacent to an activating group) is 1. The van der Waals surface area contributed by atoms with Crippen LogP contribution in [0.25, 0.3) is 0 Å². The molecule has 0 saturated carbocycles. The van der Waals surface area contributed by atoms with E-state index in [4.69, 9.17) is 4.74 Å². The van der Waals surface area contributed by atoms with Crippen LogP contribution in [0.3, 0.4) is 0 Å². The summed E-state index contributed by atoms with van der Waals surface area (Å²) in [7, 11) is 0. The van der Waals surface area contributed by atoms with Gasteiger partial charge in [-0.1, -0.05) is 0 Å². The number of hydrogen-bond acceptors (Lipinski definition) is 4. The van der Waals surface area contributed by atoms with Crippen molar-refractivity contribution in [2.75, 3.05) is 19.7 Å². The molecule has 1 amide bonds. The van der Waals surface area contributed by atoms with Crippen LogP contribution in [-0.2, 0) is 4.74 Å². The lowest BCUT2D eigenvalue weighted by molar-refractivity contribution is 0.0532. The number of rotatable bonds is 4. The van der Waals surface area contributed by atoms with Crippen LogP contribution < -0.4 is 0 Å². The summed E-state index contributed by atoms with van der Waals surface area (Å²) in [5, 5.41) is 9.64. The average Bonchev–Trinajstić information content (AvgIpc) is 2.88. The number of carbonyl (C=O) groups is 1. The van der Waals surface area contributed by atoms with Crippen LogP contribution in [0.4, 0.5) is 0 Å². The van der Waals surface area contributed by atoms with Crippen molar-refractivity contribution in [1.29, 1.82) is 0 Å². The molecular formula is C13H18N2O3. The molecule has 98 valence electrons. The molecule has 2 heterocycles. The topological polar surface area (TPSA) is 62.7 Å². The number of ether oxygens (including phenoxy) is 1. The lowest BCUT2D eigenvalue weighted by Crippen LogP contribution is -2.37. The van der Waals surface area contributed by atoms with E-state index in [0.29, 0.717) is 13.1 Å². The van der Waals surface area contributed by atoms with E-state index in [9.17, 15) is 9.90 Å². The monoisotopic (exact) mass is 250 g/mol. The normalized spacial score (nSPS) is 18.8. The molecule has 1 unspecified atom stereocenters. The zero-order chi connectivity index (χ0) is 13.0. The fourth-order valence-electron chi connectivity index (χ4n) is 2.10. The predicted octanol–water partition coefficient (Wildman–Crippen LogP) is 1.43. The second-order valence-corrected chi connectivity index (χ2v) is 4.35. The molecule has 1 aliphatic rings. The Kier molecular flexibility index (Phi) is 4.15. The standard InChI is InChI=1S/C13H18N2O3/c1-2-15(9-10-5-4-8-18-10)13(17)12-11(16)6-3-7-14-12/h3,6-7,10,16H,2,4-5,8-9H2,1H3. The van der Waals surface area contributed by atoms with Crippen molar-refractivity contribution in [1.82, 2.24) is 9.88 Å². The summed E-state index contributed by atoms with van der Waals surface area (Å²) in [6.45, 7) is 3.82. The van der Waals surface area contributed by atoms with Crippen LogP contribution in [-0.4, -0.2) is 46.7 Å². The maximum atomic E-state index is 12.2. The first kappa shape index (κ1) is 12.8. The van der Waals surface area contributed by atoms with Crippen LogP contribution in [0.1, 0.15) is 30.3 Å². The lowest BCUT2D eigenvalue weighted by atomic mass is 10.2. The number of carbonyl (C=O) groups excluding carboxylic acids is 1. The molecule has 1 aromatic heterocycles. The average molecular weight is 250 g/mol. The van der Waals surface area contributed by atoms with Crippen LogP contribution in [0.15, 0.2) is 18.3 Å². The summed E-state index contributed by atoms with van der Waals surface area (Å²) in [6.07, 6.45) is 3.65. The van der Waals surface area contributed by atoms with Crippen LogP contribution in [0.2, 0.25) is 0 Å². The van der Waals surface area contributed by atoms with Gasteiger partial charge in [0.2, 0.25) is 0 Å². The van der Waals surface area contributed by atoms with Crippen LogP contribution in [0.5, 0.6) is 5.75 Å². The summed E-state index contributed by atoms with van der Waals surface area (Å²) in [5.41, 5.74) is 0.109. The Labute approximate surface area is 106 Å². The molecule has 0 spiro atoms. The summed E-state index contributed by atoms with van der Waals surface area (Å²) >= 11 is 0. The molecule has 1 saturated heterocycles. The van der Waals surface area contributed by atoms with Gasteiger partial charge in [-0.25, -0.2) is 4.98 Å². The molecule has 5 heteroatoms. The van der Waals surface area contributed by atoms with E-state index in [1.54, 1.807) is 11.0 Å². The van der Waals surface area contributed by atoms with Gasteiger partial charge in [-0.3, -0.25) is 4.79 Å². The smallest absolute Gasteiger partial charge is 0.276 e. The zero-order valence-electron chi connectivity index (χ0n) is 10.5. The fourth-order valence-corrected chi connectivity index (χ4v) is 2.10. The molecule has 0 aromatic carbocycles. The molecule has 1 aromatic rings. The van der Waals surface area contributed by atoms with Gasteiger partial charge in [0.05, 0.1) is 6.10 Å². The third kappa shape index (κ3) is 2.79. The van der Waals surface area contributed by atoms with Gasteiger partial charge in [0.25, 0.3) is 5.91 Å². The highest BCUT2D eigenvalue weighted by Crippen LogP contribution is 2.18. The Hall–Kier alpha value is -1.62. The third-order valence-corrected chi connectivity index (χ3v) is 3.11. The summed E-state index contributed by atoms with van der Waals surface area (Å²) in [6, 6.07) is 3.07. The summed E-state index contributed by atoms with van der Waals surface area (Å²) in [5.74, 6) is -0.320. The van der Waals surface area contributed by atoms with Gasteiger partial charge in [-0.05, 0) is 31.9 Å². The van der Waals surface area contributed by atoms with Gasteiger partial charge >= 0.3 is 0 Å². The molecule has 0 aliphatic carbocycles. The van der Waals surface area contributed by atoms with Crippen LogP contribution >= 0.6 is 0 Å². The van der Waals surface area contributed by atoms with Gasteiger partial charge in [0.1, 0.15) is 5.75 Å². The molecule has 1 aliphatic heterocycles. The number of pyridine rings is 1. The second-order valence-electron chi connectivity index (χ2n) is 4.35. The number of aromatic nitrogens is 1. The predicted molar refractivity (Wildman–Crippen MR) is 66.5 cm³/mol. The molecule has 2 rings (SSSR count). The minimum Gasteiger partial charge on any atom is -0.505 e. The van der Waals surface area contributed by atoms with E-state index in [0.717, 1.165) is 19.4 Å². The number of aromatic hydroxyl groups is 1. The summed E-state index contributed by atoms with van der Waals surface area (Å²) < 4.78 is 5.52. The van der Waals surface area contributed by atoms with Crippen molar-refractivity contribution in [3.05, 3.63) is 24.0 Å². The van der Waals surface area contributed by atoms with E-state index in [1.807, 2.05) is 6.92 Å². The Bertz CT molecular complexity index is 416. The Balaban J connectivity index is 2.07. The first-order valence-corrected chi connectivity index (χ1v) is 6.27. The van der Waals surface area contributed by atoms with Crippen LogP contribution in [0, 0.1) is 0 Å². The number of nitrogens with zero attached hydrogens (tertiary/aromatic N) is 2. The summed E-state index contributed by atoms with van der Waals surface area (Å²) in [4.78, 5) is 17.8. The van der Waals surface area contributed by atoms with Crippen molar-refractivity contribution < 1.29 is 14.6 Å². The minimum atomic E-state index is -0.244. The van der Waals surface area contributed by atoms with Gasteiger partial charge in [-0.2, -0.15) is 0 Å². The van der Waals surface area contributed by atoms with Crippen molar-refractivity contribution in [2.24, 2.45) is 0 Å². The maximum absolute atomic E-state index is 12.2. The van der Waals surface area contributed by atoms with Gasteiger partial charge in [-0.15, -0.1) is 0 Å². The molecular weight excluding hydrogens is 232 g/mol. The Morgan fingerprint density at radius 1 is 1.67 bits per heavy atom. The lowest BCUT2D eigenvalue weighted by Gasteiger charge is -2.23. The first-order chi connectivity index (χ1) is 8.72.